The van der Waals surface area contributed by atoms with E-state index in [9.17, 15) is 13.6 Å². The van der Waals surface area contributed by atoms with Crippen molar-refractivity contribution < 1.29 is 18.0 Å². The monoisotopic (exact) mass is 499 g/mol. The lowest BCUT2D eigenvalue weighted by Crippen LogP contribution is -2.51. The first-order chi connectivity index (χ1) is 17.0. The molecule has 1 fully saturated rings. The highest BCUT2D eigenvalue weighted by Crippen LogP contribution is 2.31. The zero-order valence-electron chi connectivity index (χ0n) is 19.9. The molecule has 4 aromatic heterocycles. The molecule has 1 saturated heterocycles. The second kappa shape index (κ2) is 8.57. The number of hydrogen-bond acceptors (Lipinski definition) is 7. The Balaban J connectivity index is 1.53. The fourth-order valence-electron chi connectivity index (χ4n) is 4.51. The maximum atomic E-state index is 15.2. The van der Waals surface area contributed by atoms with Crippen LogP contribution < -0.4 is 5.73 Å². The van der Waals surface area contributed by atoms with Crippen molar-refractivity contribution in [2.75, 3.05) is 18.8 Å². The van der Waals surface area contributed by atoms with Crippen LogP contribution in [0.3, 0.4) is 0 Å². The van der Waals surface area contributed by atoms with Crippen LogP contribution in [0.25, 0.3) is 27.9 Å². The lowest BCUT2D eigenvalue weighted by Gasteiger charge is -2.35. The number of hydrogen-bond donors (Lipinski definition) is 1. The van der Waals surface area contributed by atoms with Crippen molar-refractivity contribution in [1.29, 1.82) is 0 Å². The van der Waals surface area contributed by atoms with Crippen molar-refractivity contribution in [2.24, 2.45) is 4.99 Å². The second-order valence-corrected chi connectivity index (χ2v) is 8.97. The number of rotatable bonds is 4. The van der Waals surface area contributed by atoms with Crippen molar-refractivity contribution in [3.8, 4) is 11.3 Å². The van der Waals surface area contributed by atoms with Crippen molar-refractivity contribution in [3.05, 3.63) is 30.2 Å². The van der Waals surface area contributed by atoms with Gasteiger partial charge in [-0.1, -0.05) is 0 Å². The molecular formula is C23H24F3N9O. The molecule has 2 N–H and O–H groups in total. The number of carbonyl (C=O) groups excluding carboxylic acids is 1. The van der Waals surface area contributed by atoms with Crippen molar-refractivity contribution in [3.63, 3.8) is 0 Å². The maximum absolute atomic E-state index is 15.2. The van der Waals surface area contributed by atoms with Gasteiger partial charge in [-0.15, -0.1) is 5.10 Å². The molecule has 0 aromatic carbocycles. The average Bonchev–Trinajstić information content (AvgIpc) is 3.35. The Labute approximate surface area is 203 Å². The summed E-state index contributed by atoms with van der Waals surface area (Å²) in [5, 5.41) is 4.37. The van der Waals surface area contributed by atoms with Crippen LogP contribution in [0.2, 0.25) is 0 Å². The lowest BCUT2D eigenvalue weighted by molar-refractivity contribution is -0.130. The number of nitrogens with two attached hydrogens (primary N) is 1. The van der Waals surface area contributed by atoms with Gasteiger partial charge < -0.3 is 15.2 Å². The number of alkyl halides is 3. The molecule has 36 heavy (non-hydrogen) atoms. The molecule has 0 bridgehead atoms. The molecule has 1 atom stereocenters. The summed E-state index contributed by atoms with van der Waals surface area (Å²) in [5.74, 6) is 0.341. The van der Waals surface area contributed by atoms with Gasteiger partial charge in [-0.05, 0) is 32.0 Å². The largest absolute Gasteiger partial charge is 0.382 e. The summed E-state index contributed by atoms with van der Waals surface area (Å²) in [6.07, 6.45) is -0.653. The predicted molar refractivity (Wildman–Crippen MR) is 128 cm³/mol. The molecule has 1 unspecified atom stereocenters. The Morgan fingerprint density at radius 1 is 1.25 bits per heavy atom. The standard InChI is InChI=1S/C23H24F3N9O/c1-12-28-16-5-4-15(29-21(16)34(12)10-18(24)25)14-6-9-35-19(14)20(27)31-22(32-35)30-17-7-8-33(13(2)36)11-23(17,3)26/h4-6,9,18H,7-8,10-11H2,1-3H3,(H2,27,31,32)/b30-17+. The molecule has 5 rings (SSSR count). The quantitative estimate of drug-likeness (QED) is 0.460. The zero-order valence-corrected chi connectivity index (χ0v) is 19.9. The number of fused-ring (bicyclic) bond motifs is 2. The third kappa shape index (κ3) is 4.14. The third-order valence-corrected chi connectivity index (χ3v) is 6.29. The van der Waals surface area contributed by atoms with Gasteiger partial charge in [0.15, 0.2) is 17.1 Å². The topological polar surface area (TPSA) is 120 Å². The van der Waals surface area contributed by atoms with Gasteiger partial charge in [-0.3, -0.25) is 4.79 Å². The molecule has 1 aliphatic rings. The molecule has 0 saturated carbocycles. The summed E-state index contributed by atoms with van der Waals surface area (Å²) >= 11 is 0. The minimum absolute atomic E-state index is 0.00801. The number of anilines is 1. The van der Waals surface area contributed by atoms with Gasteiger partial charge in [-0.2, -0.15) is 4.98 Å². The van der Waals surface area contributed by atoms with Crippen LogP contribution in [0, 0.1) is 6.92 Å². The number of carbonyl (C=O) groups is 1. The van der Waals surface area contributed by atoms with E-state index in [1.165, 1.54) is 27.8 Å². The summed E-state index contributed by atoms with van der Waals surface area (Å²) in [7, 11) is 0. The van der Waals surface area contributed by atoms with Gasteiger partial charge in [0, 0.05) is 31.6 Å². The zero-order chi connectivity index (χ0) is 25.8. The van der Waals surface area contributed by atoms with Crippen molar-refractivity contribution in [1.82, 2.24) is 34.0 Å². The number of amides is 1. The molecule has 1 aliphatic heterocycles. The van der Waals surface area contributed by atoms with E-state index >= 15 is 4.39 Å². The fourth-order valence-corrected chi connectivity index (χ4v) is 4.51. The summed E-state index contributed by atoms with van der Waals surface area (Å²) in [6, 6.07) is 5.17. The fraction of sp³-hybridized carbons (Fsp3) is 0.391. The minimum atomic E-state index is -2.55. The number of aryl methyl sites for hydroxylation is 1. The van der Waals surface area contributed by atoms with Crippen LogP contribution in [-0.2, 0) is 11.3 Å². The van der Waals surface area contributed by atoms with E-state index in [0.717, 1.165) is 0 Å². The number of nitrogen functional groups attached to an aromatic ring is 1. The molecule has 1 amide bonds. The van der Waals surface area contributed by atoms with E-state index in [1.807, 2.05) is 0 Å². The molecule has 10 nitrogen and oxygen atoms in total. The van der Waals surface area contributed by atoms with Gasteiger partial charge in [0.2, 0.25) is 5.91 Å². The smallest absolute Gasteiger partial charge is 0.269 e. The molecule has 188 valence electrons. The number of aliphatic imine (C=N–C) groups is 1. The van der Waals surface area contributed by atoms with E-state index in [4.69, 9.17) is 5.73 Å². The van der Waals surface area contributed by atoms with Crippen molar-refractivity contribution in [2.45, 2.75) is 45.8 Å². The van der Waals surface area contributed by atoms with Crippen LogP contribution >= 0.6 is 0 Å². The Morgan fingerprint density at radius 3 is 2.72 bits per heavy atom. The van der Waals surface area contributed by atoms with Crippen LogP contribution in [0.5, 0.6) is 0 Å². The first-order valence-corrected chi connectivity index (χ1v) is 11.3. The SMILES string of the molecule is CC(=O)N1CC/C(=N\c2nc(N)c3c(-c4ccc5nc(C)n(CC(F)F)c5n4)ccn3n2)C(C)(F)C1. The predicted octanol–water partition coefficient (Wildman–Crippen LogP) is 3.35. The number of piperidine rings is 1. The van der Waals surface area contributed by atoms with Crippen LogP contribution in [0.15, 0.2) is 29.4 Å². The molecule has 4 aromatic rings. The van der Waals surface area contributed by atoms with E-state index in [2.05, 4.69) is 25.0 Å². The van der Waals surface area contributed by atoms with Crippen LogP contribution in [-0.4, -0.2) is 70.8 Å². The highest BCUT2D eigenvalue weighted by molar-refractivity contribution is 5.96. The third-order valence-electron chi connectivity index (χ3n) is 6.29. The van der Waals surface area contributed by atoms with E-state index in [0.29, 0.717) is 40.3 Å². The van der Waals surface area contributed by atoms with Gasteiger partial charge in [-0.25, -0.2) is 32.6 Å². The summed E-state index contributed by atoms with van der Waals surface area (Å²) in [6.45, 7) is 4.18. The van der Waals surface area contributed by atoms with Crippen LogP contribution in [0.4, 0.5) is 24.9 Å². The highest BCUT2D eigenvalue weighted by atomic mass is 19.3. The van der Waals surface area contributed by atoms with Gasteiger partial charge in [0.25, 0.3) is 12.4 Å². The summed E-state index contributed by atoms with van der Waals surface area (Å²) < 4.78 is 44.3. The molecule has 0 spiro atoms. The average molecular weight is 500 g/mol. The second-order valence-electron chi connectivity index (χ2n) is 8.97. The Kier molecular flexibility index (Phi) is 5.64. The van der Waals surface area contributed by atoms with Crippen molar-refractivity contribution >= 4 is 40.1 Å². The van der Waals surface area contributed by atoms with E-state index in [1.54, 1.807) is 31.3 Å². The van der Waals surface area contributed by atoms with Gasteiger partial charge in [0.05, 0.1) is 24.5 Å². The molecule has 5 heterocycles. The van der Waals surface area contributed by atoms with Crippen LogP contribution in [0.1, 0.15) is 26.1 Å². The van der Waals surface area contributed by atoms with Gasteiger partial charge in [0.1, 0.15) is 16.9 Å². The van der Waals surface area contributed by atoms with Gasteiger partial charge >= 0.3 is 0 Å². The Bertz CT molecular complexity index is 1520. The normalized spacial score (nSPS) is 19.8. The molecule has 13 heteroatoms. The van der Waals surface area contributed by atoms with E-state index in [-0.39, 0.29) is 36.4 Å². The minimum Gasteiger partial charge on any atom is -0.382 e. The Morgan fingerprint density at radius 2 is 2.03 bits per heavy atom. The first kappa shape index (κ1) is 23.7. The Hall–Kier alpha value is -4.03. The first-order valence-electron chi connectivity index (χ1n) is 11.3. The number of pyridine rings is 1. The number of aromatic nitrogens is 6. The summed E-state index contributed by atoms with van der Waals surface area (Å²) in [5.41, 5.74) is 7.06. The number of imidazole rings is 1. The number of likely N-dealkylation sites (tertiary alicyclic amines) is 1. The molecule has 0 aliphatic carbocycles. The van der Waals surface area contributed by atoms with E-state index < -0.39 is 18.6 Å². The highest BCUT2D eigenvalue weighted by Gasteiger charge is 2.38. The summed E-state index contributed by atoms with van der Waals surface area (Å²) in [4.78, 5) is 30.5. The number of halogens is 3. The molecular weight excluding hydrogens is 475 g/mol. The molecule has 0 radical (unpaired) electrons. The maximum Gasteiger partial charge on any atom is 0.269 e. The lowest BCUT2D eigenvalue weighted by atomic mass is 9.94. The number of nitrogens with zero attached hydrogens (tertiary/aromatic N) is 8.